The van der Waals surface area contributed by atoms with E-state index in [1.807, 2.05) is 51.1 Å². The van der Waals surface area contributed by atoms with E-state index in [9.17, 15) is 9.59 Å². The van der Waals surface area contributed by atoms with E-state index in [1.54, 1.807) is 6.20 Å². The minimum absolute atomic E-state index is 0.175. The van der Waals surface area contributed by atoms with Crippen LogP contribution < -0.4 is 5.32 Å². The van der Waals surface area contributed by atoms with Gasteiger partial charge in [0, 0.05) is 34.3 Å². The quantitative estimate of drug-likeness (QED) is 0.634. The van der Waals surface area contributed by atoms with E-state index < -0.39 is 0 Å². The summed E-state index contributed by atoms with van der Waals surface area (Å²) in [5.41, 5.74) is 2.80. The van der Waals surface area contributed by atoms with Crippen molar-refractivity contribution in [1.82, 2.24) is 14.8 Å². The molecule has 1 aliphatic heterocycles. The zero-order valence-electron chi connectivity index (χ0n) is 18.5. The number of hydrogen-bond donors (Lipinski definition) is 2. The van der Waals surface area contributed by atoms with Crippen LogP contribution in [0.2, 0.25) is 0 Å². The Hall–Kier alpha value is -3.55. The molecule has 2 N–H and O–H groups in total. The Labute approximate surface area is 185 Å². The van der Waals surface area contributed by atoms with Crippen LogP contribution in [0.1, 0.15) is 62.5 Å². The number of fused-ring (bicyclic) bond motifs is 2. The lowest BCUT2D eigenvalue weighted by Gasteiger charge is -2.24. The van der Waals surface area contributed by atoms with Gasteiger partial charge in [-0.2, -0.15) is 14.8 Å². The van der Waals surface area contributed by atoms with E-state index in [1.165, 1.54) is 4.68 Å². The highest BCUT2D eigenvalue weighted by atomic mass is 16.2. The molecule has 0 radical (unpaired) electrons. The number of carbonyl (C=O) groups excluding carboxylic acids is 2. The normalized spacial score (nSPS) is 18.8. The highest BCUT2D eigenvalue weighted by Crippen LogP contribution is 2.29. The number of rotatable bonds is 2. The predicted molar refractivity (Wildman–Crippen MR) is 124 cm³/mol. The Kier molecular flexibility index (Phi) is 4.80. The first-order chi connectivity index (χ1) is 15.3. The number of nitrogens with one attached hydrogen (secondary N) is 2. The maximum atomic E-state index is 13.2. The molecule has 8 heteroatoms. The maximum Gasteiger partial charge on any atom is 0.258 e. The average Bonchev–Trinajstić information content (AvgIpc) is 3.38. The number of anilines is 1. The number of amides is 2. The third-order valence-corrected chi connectivity index (χ3v) is 6.07. The third kappa shape index (κ3) is 3.55. The Morgan fingerprint density at radius 3 is 2.81 bits per heavy atom. The zero-order valence-corrected chi connectivity index (χ0v) is 18.5. The minimum atomic E-state index is -0.269. The van der Waals surface area contributed by atoms with Crippen molar-refractivity contribution < 1.29 is 9.59 Å². The van der Waals surface area contributed by atoms with Crippen LogP contribution in [0.5, 0.6) is 0 Å². The van der Waals surface area contributed by atoms with Gasteiger partial charge in [0.25, 0.3) is 17.8 Å². The summed E-state index contributed by atoms with van der Waals surface area (Å²) in [6, 6.07) is 9.47. The van der Waals surface area contributed by atoms with Crippen molar-refractivity contribution in [3.8, 4) is 0 Å². The molecular formula is C24H26N6O2. The fourth-order valence-electron chi connectivity index (χ4n) is 4.25. The van der Waals surface area contributed by atoms with E-state index in [2.05, 4.69) is 25.4 Å². The van der Waals surface area contributed by atoms with Crippen LogP contribution in [0.25, 0.3) is 10.9 Å². The van der Waals surface area contributed by atoms with Gasteiger partial charge < -0.3 is 10.3 Å². The lowest BCUT2D eigenvalue weighted by atomic mass is 9.86. The van der Waals surface area contributed by atoms with Crippen LogP contribution in [-0.2, 0) is 10.2 Å². The summed E-state index contributed by atoms with van der Waals surface area (Å²) >= 11 is 0. The first-order valence-corrected chi connectivity index (χ1v) is 11.0. The number of aromatic amines is 1. The number of para-hydroxylation sites is 1. The van der Waals surface area contributed by atoms with E-state index in [0.29, 0.717) is 11.4 Å². The maximum absolute atomic E-state index is 13.2. The van der Waals surface area contributed by atoms with Crippen LogP contribution in [0.15, 0.2) is 46.5 Å². The van der Waals surface area contributed by atoms with Crippen LogP contribution in [0.4, 0.5) is 5.82 Å². The summed E-state index contributed by atoms with van der Waals surface area (Å²) in [4.78, 5) is 37.9. The topological polar surface area (TPSA) is 104 Å². The largest absolute Gasteiger partial charge is 0.360 e. The number of carbonyl (C=O) groups is 2. The van der Waals surface area contributed by atoms with Gasteiger partial charge in [0.05, 0.1) is 17.2 Å². The van der Waals surface area contributed by atoms with Crippen LogP contribution >= 0.6 is 0 Å². The Morgan fingerprint density at radius 1 is 1.19 bits per heavy atom. The molecule has 1 unspecified atom stereocenters. The molecule has 164 valence electrons. The molecule has 5 rings (SSSR count). The van der Waals surface area contributed by atoms with Crippen LogP contribution in [0, 0.1) is 5.92 Å². The molecule has 1 fully saturated rings. The van der Waals surface area contributed by atoms with E-state index in [-0.39, 0.29) is 29.1 Å². The first kappa shape index (κ1) is 20.4. The fraction of sp³-hybridized carbons (Fsp3) is 0.375. The van der Waals surface area contributed by atoms with E-state index in [4.69, 9.17) is 0 Å². The SMILES string of the molecule is CC(C)(C)c1cc(NC(=O)c2c[nH]c3ccccc23)n(C2=NC(=O)C3CCCCC3=N2)n1. The number of hydrogen-bond acceptors (Lipinski definition) is 4. The van der Waals surface area contributed by atoms with Gasteiger partial charge in [-0.25, -0.2) is 4.99 Å². The number of H-pyrrole nitrogens is 1. The van der Waals surface area contributed by atoms with Crippen LogP contribution in [-0.4, -0.2) is 38.3 Å². The molecule has 8 nitrogen and oxygen atoms in total. The smallest absolute Gasteiger partial charge is 0.258 e. The van der Waals surface area contributed by atoms with Gasteiger partial charge in [-0.1, -0.05) is 45.4 Å². The van der Waals surface area contributed by atoms with Crippen molar-refractivity contribution >= 4 is 40.2 Å². The van der Waals surface area contributed by atoms with E-state index in [0.717, 1.165) is 48.0 Å². The lowest BCUT2D eigenvalue weighted by Crippen LogP contribution is -2.34. The molecule has 1 aliphatic carbocycles. The summed E-state index contributed by atoms with van der Waals surface area (Å²) < 4.78 is 1.49. The highest BCUT2D eigenvalue weighted by molar-refractivity contribution is 6.17. The molecule has 1 atom stereocenters. The second kappa shape index (κ2) is 7.55. The molecule has 3 heterocycles. The minimum Gasteiger partial charge on any atom is -0.360 e. The summed E-state index contributed by atoms with van der Waals surface area (Å²) in [6.45, 7) is 6.13. The van der Waals surface area contributed by atoms with Gasteiger partial charge >= 0.3 is 0 Å². The van der Waals surface area contributed by atoms with Crippen molar-refractivity contribution in [3.05, 3.63) is 47.8 Å². The molecule has 32 heavy (non-hydrogen) atoms. The first-order valence-electron chi connectivity index (χ1n) is 11.0. The molecule has 2 aliphatic rings. The molecule has 0 spiro atoms. The monoisotopic (exact) mass is 430 g/mol. The summed E-state index contributed by atoms with van der Waals surface area (Å²) in [5, 5.41) is 8.48. The van der Waals surface area contributed by atoms with E-state index >= 15 is 0 Å². The van der Waals surface area contributed by atoms with Gasteiger partial charge in [-0.05, 0) is 25.3 Å². The summed E-state index contributed by atoms with van der Waals surface area (Å²) in [6.07, 6.45) is 5.32. The second-order valence-corrected chi connectivity index (χ2v) is 9.43. The molecule has 3 aromatic rings. The second-order valence-electron chi connectivity index (χ2n) is 9.43. The van der Waals surface area contributed by atoms with Crippen molar-refractivity contribution in [2.75, 3.05) is 5.32 Å². The zero-order chi connectivity index (χ0) is 22.5. The standard InChI is InChI=1S/C24H26N6O2/c1-24(2,3)19-12-20(27-22(32)16-13-25-17-10-6-4-8-14(16)17)30(29-19)23-26-18-11-7-5-9-15(18)21(31)28-23/h4,6,8,10,12-13,15,25H,5,7,9,11H2,1-3H3,(H,27,32). The summed E-state index contributed by atoms with van der Waals surface area (Å²) in [7, 11) is 0. The van der Waals surface area contributed by atoms with Crippen molar-refractivity contribution in [2.24, 2.45) is 15.9 Å². The van der Waals surface area contributed by atoms with Crippen molar-refractivity contribution in [2.45, 2.75) is 51.9 Å². The molecule has 1 saturated carbocycles. The van der Waals surface area contributed by atoms with Gasteiger partial charge in [0.1, 0.15) is 5.82 Å². The molecule has 0 saturated heterocycles. The fourth-order valence-corrected chi connectivity index (χ4v) is 4.25. The molecule has 0 bridgehead atoms. The summed E-state index contributed by atoms with van der Waals surface area (Å²) in [5.74, 6) is -0.000873. The van der Waals surface area contributed by atoms with Gasteiger partial charge in [0.15, 0.2) is 0 Å². The number of aromatic nitrogens is 3. The molecule has 2 amide bonds. The lowest BCUT2D eigenvalue weighted by molar-refractivity contribution is -0.120. The van der Waals surface area contributed by atoms with Crippen molar-refractivity contribution in [1.29, 1.82) is 0 Å². The molecular weight excluding hydrogens is 404 g/mol. The van der Waals surface area contributed by atoms with Crippen LogP contribution in [0.3, 0.4) is 0 Å². The number of nitrogens with zero attached hydrogens (tertiary/aromatic N) is 4. The predicted octanol–water partition coefficient (Wildman–Crippen LogP) is 4.29. The average molecular weight is 431 g/mol. The Morgan fingerprint density at radius 2 is 2.00 bits per heavy atom. The third-order valence-electron chi connectivity index (χ3n) is 6.07. The Balaban J connectivity index is 1.54. The molecule has 1 aromatic carbocycles. The van der Waals surface area contributed by atoms with Gasteiger partial charge in [-0.15, -0.1) is 0 Å². The molecule has 2 aromatic heterocycles. The number of benzene rings is 1. The highest BCUT2D eigenvalue weighted by Gasteiger charge is 2.33. The number of aliphatic imine (C=N–C) groups is 2. The van der Waals surface area contributed by atoms with Crippen molar-refractivity contribution in [3.63, 3.8) is 0 Å². The van der Waals surface area contributed by atoms with Gasteiger partial charge in [-0.3, -0.25) is 9.59 Å². The Bertz CT molecular complexity index is 1290. The van der Waals surface area contributed by atoms with Gasteiger partial charge in [0.2, 0.25) is 0 Å².